The van der Waals surface area contributed by atoms with E-state index in [9.17, 15) is 4.79 Å². The van der Waals surface area contributed by atoms with Crippen LogP contribution in [-0.2, 0) is 0 Å². The van der Waals surface area contributed by atoms with Gasteiger partial charge >= 0.3 is 0 Å². The quantitative estimate of drug-likeness (QED) is 0.720. The summed E-state index contributed by atoms with van der Waals surface area (Å²) in [5.41, 5.74) is 3.49. The van der Waals surface area contributed by atoms with Crippen molar-refractivity contribution in [1.82, 2.24) is 18.6 Å². The lowest BCUT2D eigenvalue weighted by Crippen LogP contribution is -2.48. The van der Waals surface area contributed by atoms with Gasteiger partial charge in [0, 0.05) is 31.7 Å². The SMILES string of the molecule is O=C(c1ccc2ncsc2c1)N1CCN(c2cnsn2)CC1. The summed E-state index contributed by atoms with van der Waals surface area (Å²) in [5.74, 6) is 0.995. The molecule has 0 bridgehead atoms. The number of aromatic nitrogens is 3. The number of piperazine rings is 1. The molecule has 3 heterocycles. The second-order valence-corrected chi connectivity index (χ2v) is 6.52. The summed E-state index contributed by atoms with van der Waals surface area (Å²) < 4.78 is 9.32. The minimum atomic E-state index is 0.0892. The number of benzene rings is 1. The number of fused-ring (bicyclic) bond motifs is 1. The maximum absolute atomic E-state index is 12.6. The minimum absolute atomic E-state index is 0.0892. The highest BCUT2D eigenvalue weighted by Gasteiger charge is 2.23. The molecule has 1 amide bonds. The molecular formula is C14H13N5OS2. The first-order valence-corrected chi connectivity index (χ1v) is 8.57. The standard InChI is InChI=1S/C14H13N5OS2/c20-14(10-1-2-11-12(7-10)21-9-15-11)19-5-3-18(4-6-19)13-8-16-22-17-13/h1-2,7-9H,3-6H2. The van der Waals surface area contributed by atoms with Crippen LogP contribution >= 0.6 is 23.1 Å². The van der Waals surface area contributed by atoms with Crippen LogP contribution in [0.5, 0.6) is 0 Å². The number of rotatable bonds is 2. The van der Waals surface area contributed by atoms with Crippen LogP contribution in [0.1, 0.15) is 10.4 Å². The third-order valence-electron chi connectivity index (χ3n) is 3.82. The molecule has 0 radical (unpaired) electrons. The van der Waals surface area contributed by atoms with E-state index in [0.717, 1.165) is 34.7 Å². The predicted octanol–water partition coefficient (Wildman–Crippen LogP) is 2.11. The fourth-order valence-corrected chi connectivity index (χ4v) is 3.76. The molecule has 8 heteroatoms. The van der Waals surface area contributed by atoms with E-state index < -0.39 is 0 Å². The third kappa shape index (κ3) is 2.44. The van der Waals surface area contributed by atoms with Gasteiger partial charge in [0.25, 0.3) is 5.91 Å². The van der Waals surface area contributed by atoms with Gasteiger partial charge in [-0.05, 0) is 18.2 Å². The summed E-state index contributed by atoms with van der Waals surface area (Å²) in [6.07, 6.45) is 1.78. The molecule has 0 unspecified atom stereocenters. The van der Waals surface area contributed by atoms with Crippen molar-refractivity contribution in [3.05, 3.63) is 35.5 Å². The van der Waals surface area contributed by atoms with E-state index in [-0.39, 0.29) is 5.91 Å². The van der Waals surface area contributed by atoms with Crippen molar-refractivity contribution in [2.45, 2.75) is 0 Å². The molecule has 0 N–H and O–H groups in total. The van der Waals surface area contributed by atoms with Crippen LogP contribution in [0.25, 0.3) is 10.2 Å². The molecule has 0 aliphatic carbocycles. The lowest BCUT2D eigenvalue weighted by atomic mass is 10.1. The average Bonchev–Trinajstić information content (AvgIpc) is 3.25. The number of carbonyl (C=O) groups excluding carboxylic acids is 1. The van der Waals surface area contributed by atoms with Crippen LogP contribution in [0.2, 0.25) is 0 Å². The van der Waals surface area contributed by atoms with Gasteiger partial charge < -0.3 is 9.80 Å². The number of carbonyl (C=O) groups is 1. The van der Waals surface area contributed by atoms with E-state index in [4.69, 9.17) is 0 Å². The number of anilines is 1. The molecule has 1 fully saturated rings. The first-order chi connectivity index (χ1) is 10.8. The van der Waals surface area contributed by atoms with E-state index in [0.29, 0.717) is 13.1 Å². The summed E-state index contributed by atoms with van der Waals surface area (Å²) in [4.78, 5) is 20.9. The van der Waals surface area contributed by atoms with Crippen LogP contribution in [0.15, 0.2) is 29.9 Å². The molecule has 22 heavy (non-hydrogen) atoms. The summed E-state index contributed by atoms with van der Waals surface area (Å²) >= 11 is 2.77. The van der Waals surface area contributed by atoms with E-state index in [1.165, 1.54) is 11.7 Å². The zero-order valence-electron chi connectivity index (χ0n) is 11.7. The molecule has 1 aliphatic rings. The Bertz CT molecular complexity index is 793. The molecule has 0 saturated carbocycles. The molecule has 4 rings (SSSR count). The first-order valence-electron chi connectivity index (χ1n) is 6.96. The monoisotopic (exact) mass is 331 g/mol. The Kier molecular flexibility index (Phi) is 3.47. The number of amides is 1. The van der Waals surface area contributed by atoms with Gasteiger partial charge in [0.1, 0.15) is 0 Å². The second kappa shape index (κ2) is 5.62. The van der Waals surface area contributed by atoms with Gasteiger partial charge in [0.2, 0.25) is 0 Å². The Morgan fingerprint density at radius 2 is 2.05 bits per heavy atom. The molecule has 1 saturated heterocycles. The molecule has 1 aliphatic heterocycles. The van der Waals surface area contributed by atoms with Crippen LogP contribution in [-0.4, -0.2) is 50.7 Å². The van der Waals surface area contributed by atoms with Gasteiger partial charge in [-0.15, -0.1) is 11.3 Å². The number of nitrogens with zero attached hydrogens (tertiary/aromatic N) is 5. The Morgan fingerprint density at radius 3 is 2.82 bits per heavy atom. The first kappa shape index (κ1) is 13.6. The summed E-state index contributed by atoms with van der Waals surface area (Å²) in [5, 5.41) is 0. The highest BCUT2D eigenvalue weighted by atomic mass is 32.1. The smallest absolute Gasteiger partial charge is 0.254 e. The highest BCUT2D eigenvalue weighted by Crippen LogP contribution is 2.21. The molecular weight excluding hydrogens is 318 g/mol. The minimum Gasteiger partial charge on any atom is -0.351 e. The van der Waals surface area contributed by atoms with Gasteiger partial charge in [0.15, 0.2) is 5.82 Å². The Balaban J connectivity index is 1.47. The fraction of sp³-hybridized carbons (Fsp3) is 0.286. The van der Waals surface area contributed by atoms with Gasteiger partial charge in [-0.25, -0.2) is 4.98 Å². The van der Waals surface area contributed by atoms with Gasteiger partial charge in [-0.1, -0.05) is 0 Å². The average molecular weight is 331 g/mol. The highest BCUT2D eigenvalue weighted by molar-refractivity contribution is 7.16. The fourth-order valence-electron chi connectivity index (χ4n) is 2.61. The largest absolute Gasteiger partial charge is 0.351 e. The number of hydrogen-bond donors (Lipinski definition) is 0. The second-order valence-electron chi connectivity index (χ2n) is 5.08. The van der Waals surface area contributed by atoms with Crippen molar-refractivity contribution in [1.29, 1.82) is 0 Å². The van der Waals surface area contributed by atoms with Crippen molar-refractivity contribution in [3.63, 3.8) is 0 Å². The van der Waals surface area contributed by atoms with Crippen LogP contribution in [0.4, 0.5) is 5.82 Å². The zero-order chi connectivity index (χ0) is 14.9. The van der Waals surface area contributed by atoms with Crippen molar-refractivity contribution in [3.8, 4) is 0 Å². The van der Waals surface area contributed by atoms with E-state index in [1.54, 1.807) is 23.0 Å². The molecule has 1 aromatic carbocycles. The lowest BCUT2D eigenvalue weighted by molar-refractivity contribution is 0.0747. The lowest BCUT2D eigenvalue weighted by Gasteiger charge is -2.34. The molecule has 0 atom stereocenters. The van der Waals surface area contributed by atoms with Crippen LogP contribution < -0.4 is 4.90 Å². The van der Waals surface area contributed by atoms with Crippen molar-refractivity contribution in [2.75, 3.05) is 31.1 Å². The Labute approximate surface area is 135 Å². The molecule has 3 aromatic rings. The summed E-state index contributed by atoms with van der Waals surface area (Å²) in [6, 6.07) is 5.71. The van der Waals surface area contributed by atoms with Crippen molar-refractivity contribution in [2.24, 2.45) is 0 Å². The van der Waals surface area contributed by atoms with E-state index in [2.05, 4.69) is 18.6 Å². The van der Waals surface area contributed by atoms with Crippen molar-refractivity contribution < 1.29 is 4.79 Å². The molecule has 2 aromatic heterocycles. The predicted molar refractivity (Wildman–Crippen MR) is 87.6 cm³/mol. The van der Waals surface area contributed by atoms with E-state index in [1.807, 2.05) is 23.1 Å². The van der Waals surface area contributed by atoms with E-state index >= 15 is 0 Å². The normalized spacial score (nSPS) is 15.5. The summed E-state index contributed by atoms with van der Waals surface area (Å²) in [6.45, 7) is 2.99. The maximum Gasteiger partial charge on any atom is 0.254 e. The summed E-state index contributed by atoms with van der Waals surface area (Å²) in [7, 11) is 0. The topological polar surface area (TPSA) is 62.2 Å². The third-order valence-corrected chi connectivity index (χ3v) is 5.08. The Hall–Kier alpha value is -2.06. The zero-order valence-corrected chi connectivity index (χ0v) is 13.3. The van der Waals surface area contributed by atoms with Crippen molar-refractivity contribution >= 4 is 45.0 Å². The maximum atomic E-state index is 12.6. The number of thiazole rings is 1. The van der Waals surface area contributed by atoms with Gasteiger partial charge in [-0.3, -0.25) is 4.79 Å². The Morgan fingerprint density at radius 1 is 1.18 bits per heavy atom. The molecule has 0 spiro atoms. The molecule has 112 valence electrons. The number of hydrogen-bond acceptors (Lipinski definition) is 7. The van der Waals surface area contributed by atoms with Crippen LogP contribution in [0, 0.1) is 0 Å². The molecule has 6 nitrogen and oxygen atoms in total. The van der Waals surface area contributed by atoms with Crippen LogP contribution in [0.3, 0.4) is 0 Å². The van der Waals surface area contributed by atoms with Gasteiger partial charge in [0.05, 0.1) is 33.7 Å². The van der Waals surface area contributed by atoms with Gasteiger partial charge in [-0.2, -0.15) is 8.75 Å².